The van der Waals surface area contributed by atoms with Crippen LogP contribution >= 0.6 is 0 Å². The third-order valence-corrected chi connectivity index (χ3v) is 3.72. The molecule has 2 aromatic heterocycles. The molecule has 2 heterocycles. The standard InChI is InChI=1S/2C8H12N2O.CH4/c2*1-5-8(7(3)11)6(2)10(4)9-5;/h2*1-4H3;1H4. The van der Waals surface area contributed by atoms with Crippen molar-refractivity contribution in [1.29, 1.82) is 0 Å². The van der Waals surface area contributed by atoms with Gasteiger partial charge in [-0.25, -0.2) is 0 Å². The topological polar surface area (TPSA) is 69.8 Å². The van der Waals surface area contributed by atoms with Gasteiger partial charge in [0.05, 0.1) is 22.5 Å². The average Bonchev–Trinajstić information content (AvgIpc) is 2.77. The van der Waals surface area contributed by atoms with Gasteiger partial charge < -0.3 is 0 Å². The number of carbonyl (C=O) groups is 2. The molecule has 0 N–H and O–H groups in total. The van der Waals surface area contributed by atoms with E-state index < -0.39 is 0 Å². The Morgan fingerprint density at radius 2 is 1.00 bits per heavy atom. The average molecular weight is 320 g/mol. The van der Waals surface area contributed by atoms with E-state index in [4.69, 9.17) is 0 Å². The van der Waals surface area contributed by atoms with Crippen molar-refractivity contribution in [3.63, 3.8) is 0 Å². The maximum atomic E-state index is 11.0. The van der Waals surface area contributed by atoms with E-state index in [1.165, 1.54) is 0 Å². The Morgan fingerprint density at radius 3 is 1.09 bits per heavy atom. The first-order valence-electron chi connectivity index (χ1n) is 7.10. The molecule has 0 saturated carbocycles. The monoisotopic (exact) mass is 320 g/mol. The Hall–Kier alpha value is -2.24. The van der Waals surface area contributed by atoms with Gasteiger partial charge in [-0.1, -0.05) is 7.43 Å². The number of carbonyl (C=O) groups excluding carboxylic acids is 2. The molecule has 0 radical (unpaired) electrons. The van der Waals surface area contributed by atoms with E-state index >= 15 is 0 Å². The number of Topliss-reactive ketones (excluding diaryl/α,β-unsaturated/α-hetero) is 2. The second-order valence-corrected chi connectivity index (χ2v) is 5.45. The van der Waals surface area contributed by atoms with Gasteiger partial charge in [0.15, 0.2) is 11.6 Å². The maximum absolute atomic E-state index is 11.0. The maximum Gasteiger partial charge on any atom is 0.163 e. The summed E-state index contributed by atoms with van der Waals surface area (Å²) in [5, 5.41) is 8.26. The van der Waals surface area contributed by atoms with Crippen LogP contribution in [0.2, 0.25) is 0 Å². The molecule has 0 unspecified atom stereocenters. The molecule has 2 rings (SSSR count). The first kappa shape index (κ1) is 20.8. The molecule has 0 aromatic carbocycles. The quantitative estimate of drug-likeness (QED) is 0.797. The van der Waals surface area contributed by atoms with Crippen LogP contribution in [0.25, 0.3) is 0 Å². The summed E-state index contributed by atoms with van der Waals surface area (Å²) in [6.07, 6.45) is 0. The lowest BCUT2D eigenvalue weighted by molar-refractivity contribution is 0.100. The van der Waals surface area contributed by atoms with Crippen molar-refractivity contribution in [3.8, 4) is 0 Å². The molecule has 0 amide bonds. The fourth-order valence-electron chi connectivity index (χ4n) is 2.57. The van der Waals surface area contributed by atoms with E-state index in [9.17, 15) is 9.59 Å². The lowest BCUT2D eigenvalue weighted by Gasteiger charge is -1.94. The fourth-order valence-corrected chi connectivity index (χ4v) is 2.57. The molecule has 23 heavy (non-hydrogen) atoms. The van der Waals surface area contributed by atoms with Gasteiger partial charge in [0, 0.05) is 25.5 Å². The molecular weight excluding hydrogens is 292 g/mol. The third kappa shape index (κ3) is 4.37. The minimum Gasteiger partial charge on any atom is -0.294 e. The molecule has 0 bridgehead atoms. The Morgan fingerprint density at radius 1 is 0.739 bits per heavy atom. The first-order valence-corrected chi connectivity index (χ1v) is 7.10. The SMILES string of the molecule is C.CC(=O)c1c(C)nn(C)c1C.CC(=O)c1c(C)nn(C)c1C. The van der Waals surface area contributed by atoms with Gasteiger partial charge in [0.1, 0.15) is 0 Å². The normalized spacial score (nSPS) is 9.74. The lowest BCUT2D eigenvalue weighted by atomic mass is 10.1. The number of nitrogens with zero attached hydrogens (tertiary/aromatic N) is 4. The molecule has 0 fully saturated rings. The van der Waals surface area contributed by atoms with E-state index in [0.717, 1.165) is 33.9 Å². The third-order valence-electron chi connectivity index (χ3n) is 3.72. The molecule has 0 aliphatic rings. The van der Waals surface area contributed by atoms with Gasteiger partial charge in [-0.15, -0.1) is 0 Å². The van der Waals surface area contributed by atoms with Crippen LogP contribution in [0.3, 0.4) is 0 Å². The molecule has 128 valence electrons. The molecule has 0 spiro atoms. The van der Waals surface area contributed by atoms with Crippen LogP contribution < -0.4 is 0 Å². The summed E-state index contributed by atoms with van der Waals surface area (Å²) in [7, 11) is 3.68. The van der Waals surface area contributed by atoms with Crippen molar-refractivity contribution in [2.75, 3.05) is 0 Å². The minimum absolute atomic E-state index is 0. The van der Waals surface area contributed by atoms with Crippen LogP contribution in [0.15, 0.2) is 0 Å². The van der Waals surface area contributed by atoms with Crippen LogP contribution in [0.5, 0.6) is 0 Å². The molecule has 0 aliphatic heterocycles. The Balaban J connectivity index is 0.000000403. The zero-order chi connectivity index (χ0) is 17.2. The second-order valence-electron chi connectivity index (χ2n) is 5.45. The summed E-state index contributed by atoms with van der Waals surface area (Å²) in [6.45, 7) is 10.6. The highest BCUT2D eigenvalue weighted by Gasteiger charge is 2.13. The van der Waals surface area contributed by atoms with Crippen molar-refractivity contribution in [2.45, 2.75) is 49.0 Å². The van der Waals surface area contributed by atoms with Gasteiger partial charge in [-0.2, -0.15) is 10.2 Å². The summed E-state index contributed by atoms with van der Waals surface area (Å²) in [6, 6.07) is 0. The Kier molecular flexibility index (Phi) is 7.09. The van der Waals surface area contributed by atoms with Gasteiger partial charge in [-0.05, 0) is 41.5 Å². The summed E-state index contributed by atoms with van der Waals surface area (Å²) in [5.41, 5.74) is 5.03. The number of aromatic nitrogens is 4. The number of ketones is 2. The molecule has 0 aliphatic carbocycles. The Bertz CT molecular complexity index is 661. The summed E-state index contributed by atoms with van der Waals surface area (Å²) in [5.74, 6) is 0.182. The van der Waals surface area contributed by atoms with Gasteiger partial charge >= 0.3 is 0 Å². The number of aryl methyl sites for hydroxylation is 4. The molecule has 2 aromatic rings. The molecule has 6 nitrogen and oxygen atoms in total. The van der Waals surface area contributed by atoms with Gasteiger partial charge in [0.2, 0.25) is 0 Å². The fraction of sp³-hybridized carbons (Fsp3) is 0.529. The van der Waals surface area contributed by atoms with Crippen LogP contribution in [0.1, 0.15) is 64.8 Å². The molecule has 0 atom stereocenters. The van der Waals surface area contributed by atoms with Crippen LogP contribution in [0, 0.1) is 27.7 Å². The summed E-state index contributed by atoms with van der Waals surface area (Å²) < 4.78 is 3.46. The molecule has 6 heteroatoms. The largest absolute Gasteiger partial charge is 0.294 e. The van der Waals surface area contributed by atoms with Crippen molar-refractivity contribution in [2.24, 2.45) is 14.1 Å². The first-order chi connectivity index (χ1) is 10.1. The molecular formula is C17H28N4O2. The highest BCUT2D eigenvalue weighted by atomic mass is 16.1. The van der Waals surface area contributed by atoms with Gasteiger partial charge in [-0.3, -0.25) is 19.0 Å². The molecule has 0 saturated heterocycles. The van der Waals surface area contributed by atoms with E-state index in [0.29, 0.717) is 0 Å². The van der Waals surface area contributed by atoms with Crippen molar-refractivity contribution in [3.05, 3.63) is 33.9 Å². The number of rotatable bonds is 2. The zero-order valence-electron chi connectivity index (χ0n) is 14.6. The Labute approximate surface area is 138 Å². The number of hydrogen-bond acceptors (Lipinski definition) is 4. The minimum atomic E-state index is 0. The lowest BCUT2D eigenvalue weighted by Crippen LogP contribution is -1.97. The van der Waals surface area contributed by atoms with Crippen LogP contribution in [0.4, 0.5) is 0 Å². The van der Waals surface area contributed by atoms with Crippen LogP contribution in [-0.2, 0) is 14.1 Å². The van der Waals surface area contributed by atoms with Crippen molar-refractivity contribution >= 4 is 11.6 Å². The zero-order valence-corrected chi connectivity index (χ0v) is 14.6. The highest BCUT2D eigenvalue weighted by molar-refractivity contribution is 5.96. The summed E-state index contributed by atoms with van der Waals surface area (Å²) in [4.78, 5) is 22.1. The van der Waals surface area contributed by atoms with Crippen molar-refractivity contribution < 1.29 is 9.59 Å². The van der Waals surface area contributed by atoms with E-state index in [1.54, 1.807) is 23.2 Å². The predicted molar refractivity (Wildman–Crippen MR) is 92.1 cm³/mol. The highest BCUT2D eigenvalue weighted by Crippen LogP contribution is 2.12. The van der Waals surface area contributed by atoms with Crippen LogP contribution in [-0.4, -0.2) is 31.1 Å². The van der Waals surface area contributed by atoms with Gasteiger partial charge in [0.25, 0.3) is 0 Å². The smallest absolute Gasteiger partial charge is 0.163 e. The van der Waals surface area contributed by atoms with E-state index in [1.807, 2.05) is 41.8 Å². The van der Waals surface area contributed by atoms with E-state index in [-0.39, 0.29) is 19.0 Å². The summed E-state index contributed by atoms with van der Waals surface area (Å²) >= 11 is 0. The van der Waals surface area contributed by atoms with Crippen molar-refractivity contribution in [1.82, 2.24) is 19.6 Å². The number of hydrogen-bond donors (Lipinski definition) is 0. The predicted octanol–water partition coefficient (Wildman–Crippen LogP) is 3.12. The second kappa shape index (κ2) is 7.85. The van der Waals surface area contributed by atoms with E-state index in [2.05, 4.69) is 10.2 Å².